The predicted octanol–water partition coefficient (Wildman–Crippen LogP) is 6.07. The van der Waals surface area contributed by atoms with Crippen molar-refractivity contribution in [2.24, 2.45) is 0 Å². The lowest BCUT2D eigenvalue weighted by Crippen LogP contribution is -1.98. The maximum atomic E-state index is 11.0. The fourth-order valence-electron chi connectivity index (χ4n) is 2.34. The molecule has 135 valence electrons. The van der Waals surface area contributed by atoms with E-state index in [0.29, 0.717) is 25.0 Å². The van der Waals surface area contributed by atoms with Gasteiger partial charge in [-0.15, -0.1) is 0 Å². The summed E-state index contributed by atoms with van der Waals surface area (Å²) in [6.07, 6.45) is 22.8. The van der Waals surface area contributed by atoms with Gasteiger partial charge in [0.2, 0.25) is 5.70 Å². The number of unbranched alkanes of at least 4 members (excludes halogenated alkanes) is 7. The van der Waals surface area contributed by atoms with Crippen LogP contribution in [0.15, 0.2) is 36.1 Å². The molecule has 0 aromatic heterocycles. The normalized spacial score (nSPS) is 12.3. The Labute approximate surface area is 146 Å². The molecule has 0 aliphatic carbocycles. The van der Waals surface area contributed by atoms with Crippen molar-refractivity contribution in [3.8, 4) is 0 Å². The lowest BCUT2D eigenvalue weighted by molar-refractivity contribution is -0.428. The van der Waals surface area contributed by atoms with E-state index in [1.165, 1.54) is 25.7 Å². The number of carbonyl (C=O) groups excluding carboxylic acids is 1. The van der Waals surface area contributed by atoms with E-state index in [9.17, 15) is 14.9 Å². The summed E-state index contributed by atoms with van der Waals surface area (Å²) in [6.45, 7) is 2.18. The Kier molecular flexibility index (Phi) is 16.4. The molecule has 0 amide bonds. The zero-order chi connectivity index (χ0) is 17.9. The zero-order valence-electron chi connectivity index (χ0n) is 15.0. The van der Waals surface area contributed by atoms with Gasteiger partial charge in [0, 0.05) is 12.8 Å². The number of allylic oxidation sites excluding steroid dienone is 6. The van der Waals surface area contributed by atoms with Crippen LogP contribution in [0.25, 0.3) is 0 Å². The Hall–Kier alpha value is -1.71. The van der Waals surface area contributed by atoms with Gasteiger partial charge in [-0.25, -0.2) is 0 Å². The van der Waals surface area contributed by atoms with E-state index in [-0.39, 0.29) is 4.92 Å². The second kappa shape index (κ2) is 17.6. The Bertz CT molecular complexity index is 411. The summed E-state index contributed by atoms with van der Waals surface area (Å²) < 4.78 is 0. The SMILES string of the molecule is CCCCCCCC/C(=C\C/C=C\C/C=C\CCC[C]=O)[N+](=O)[O-]. The largest absolute Gasteiger partial charge is 0.291 e. The van der Waals surface area contributed by atoms with Gasteiger partial charge in [-0.2, -0.15) is 0 Å². The van der Waals surface area contributed by atoms with Crippen LogP contribution >= 0.6 is 0 Å². The molecule has 0 heterocycles. The average molecular weight is 334 g/mol. The van der Waals surface area contributed by atoms with E-state index >= 15 is 0 Å². The van der Waals surface area contributed by atoms with Crippen LogP contribution in [-0.2, 0) is 4.79 Å². The molecule has 1 radical (unpaired) electrons. The maximum absolute atomic E-state index is 11.0. The summed E-state index contributed by atoms with van der Waals surface area (Å²) in [6, 6.07) is 0. The molecule has 0 aliphatic rings. The van der Waals surface area contributed by atoms with Gasteiger partial charge in [0.25, 0.3) is 0 Å². The first-order valence-corrected chi connectivity index (χ1v) is 9.20. The highest BCUT2D eigenvalue weighted by molar-refractivity contribution is 5.50. The topological polar surface area (TPSA) is 60.2 Å². The van der Waals surface area contributed by atoms with E-state index in [0.717, 1.165) is 32.1 Å². The van der Waals surface area contributed by atoms with Crippen LogP contribution in [0.2, 0.25) is 0 Å². The number of hydrogen-bond acceptors (Lipinski definition) is 3. The van der Waals surface area contributed by atoms with Crippen molar-refractivity contribution < 1.29 is 9.72 Å². The second-order valence-corrected chi connectivity index (χ2v) is 5.92. The van der Waals surface area contributed by atoms with Gasteiger partial charge in [0.1, 0.15) is 0 Å². The number of nitro groups is 1. The lowest BCUT2D eigenvalue weighted by atomic mass is 10.1. The molecule has 24 heavy (non-hydrogen) atoms. The molecule has 0 fully saturated rings. The smallest absolute Gasteiger partial charge is 0.242 e. The van der Waals surface area contributed by atoms with Crippen LogP contribution in [-0.4, -0.2) is 11.2 Å². The Morgan fingerprint density at radius 1 is 0.958 bits per heavy atom. The molecule has 0 unspecified atom stereocenters. The standard InChI is InChI=1S/C20H32NO3/c1-2-3-4-5-11-14-17-20(21(23)24)18-15-12-9-7-6-8-10-13-16-19-22/h6,8-9,12,18H,2-5,7,10-11,13-17H2,1H3/b8-6-,12-9-,20-18+. The lowest BCUT2D eigenvalue weighted by Gasteiger charge is -2.00. The third kappa shape index (κ3) is 15.2. The van der Waals surface area contributed by atoms with Gasteiger partial charge in [-0.1, -0.05) is 63.3 Å². The fourth-order valence-corrected chi connectivity index (χ4v) is 2.34. The summed E-state index contributed by atoms with van der Waals surface area (Å²) >= 11 is 0. The fraction of sp³-hybridized carbons (Fsp3) is 0.650. The van der Waals surface area contributed by atoms with Crippen LogP contribution in [0, 0.1) is 10.1 Å². The van der Waals surface area contributed by atoms with Crippen molar-refractivity contribution in [1.29, 1.82) is 0 Å². The Morgan fingerprint density at radius 3 is 2.33 bits per heavy atom. The van der Waals surface area contributed by atoms with Crippen LogP contribution in [0.1, 0.15) is 84.0 Å². The van der Waals surface area contributed by atoms with Crippen molar-refractivity contribution in [1.82, 2.24) is 0 Å². The summed E-state index contributed by atoms with van der Waals surface area (Å²) in [5.41, 5.74) is 0.343. The van der Waals surface area contributed by atoms with Gasteiger partial charge in [-0.05, 0) is 38.2 Å². The molecule has 0 rings (SSSR count). The van der Waals surface area contributed by atoms with E-state index < -0.39 is 0 Å². The summed E-state index contributed by atoms with van der Waals surface area (Å²) in [5.74, 6) is 0. The average Bonchev–Trinajstić information content (AvgIpc) is 2.57. The summed E-state index contributed by atoms with van der Waals surface area (Å²) in [7, 11) is 0. The third-order valence-corrected chi connectivity index (χ3v) is 3.77. The van der Waals surface area contributed by atoms with E-state index in [4.69, 9.17) is 0 Å². The first-order valence-electron chi connectivity index (χ1n) is 9.20. The summed E-state index contributed by atoms with van der Waals surface area (Å²) in [5, 5.41) is 11.0. The van der Waals surface area contributed by atoms with Gasteiger partial charge in [0.05, 0.1) is 4.92 Å². The van der Waals surface area contributed by atoms with Crippen LogP contribution in [0.4, 0.5) is 0 Å². The number of nitrogens with zero attached hydrogens (tertiary/aromatic N) is 1. The molecule has 0 aliphatic heterocycles. The molecule has 0 spiro atoms. The minimum Gasteiger partial charge on any atom is -0.291 e. The molecule has 0 bridgehead atoms. The van der Waals surface area contributed by atoms with Gasteiger partial charge in [-0.3, -0.25) is 14.9 Å². The summed E-state index contributed by atoms with van der Waals surface area (Å²) in [4.78, 5) is 20.8. The molecule has 4 nitrogen and oxygen atoms in total. The van der Waals surface area contributed by atoms with Crippen molar-refractivity contribution in [2.75, 3.05) is 0 Å². The zero-order valence-corrected chi connectivity index (χ0v) is 15.0. The highest BCUT2D eigenvalue weighted by Gasteiger charge is 2.08. The first-order chi connectivity index (χ1) is 11.7. The van der Waals surface area contributed by atoms with E-state index in [1.54, 1.807) is 6.08 Å². The quantitative estimate of drug-likeness (QED) is 0.149. The van der Waals surface area contributed by atoms with Crippen molar-refractivity contribution >= 4 is 6.29 Å². The molecule has 4 heteroatoms. The molecule has 0 N–H and O–H groups in total. The van der Waals surface area contributed by atoms with E-state index in [1.807, 2.05) is 18.4 Å². The van der Waals surface area contributed by atoms with Gasteiger partial charge in [0.15, 0.2) is 6.29 Å². The molecule has 0 saturated carbocycles. The second-order valence-electron chi connectivity index (χ2n) is 5.92. The van der Waals surface area contributed by atoms with Gasteiger partial charge >= 0.3 is 0 Å². The molecule has 0 aromatic carbocycles. The van der Waals surface area contributed by atoms with Crippen LogP contribution in [0.3, 0.4) is 0 Å². The van der Waals surface area contributed by atoms with E-state index in [2.05, 4.69) is 19.1 Å². The van der Waals surface area contributed by atoms with Crippen LogP contribution < -0.4 is 0 Å². The Balaban J connectivity index is 3.88. The highest BCUT2D eigenvalue weighted by atomic mass is 16.6. The van der Waals surface area contributed by atoms with Crippen molar-refractivity contribution in [2.45, 2.75) is 84.0 Å². The highest BCUT2D eigenvalue weighted by Crippen LogP contribution is 2.13. The van der Waals surface area contributed by atoms with Gasteiger partial charge < -0.3 is 0 Å². The van der Waals surface area contributed by atoms with Crippen molar-refractivity contribution in [3.05, 3.63) is 46.2 Å². The third-order valence-electron chi connectivity index (χ3n) is 3.77. The number of rotatable bonds is 16. The maximum Gasteiger partial charge on any atom is 0.242 e. The Morgan fingerprint density at radius 2 is 1.62 bits per heavy atom. The van der Waals surface area contributed by atoms with Crippen LogP contribution in [0.5, 0.6) is 0 Å². The first kappa shape index (κ1) is 22.3. The molecular weight excluding hydrogens is 302 g/mol. The minimum absolute atomic E-state index is 0.246. The molecule has 0 atom stereocenters. The van der Waals surface area contributed by atoms with Crippen molar-refractivity contribution in [3.63, 3.8) is 0 Å². The minimum atomic E-state index is -0.246. The molecule has 0 aromatic rings. The monoisotopic (exact) mass is 334 g/mol. The predicted molar refractivity (Wildman–Crippen MR) is 100 cm³/mol. The molecular formula is C20H32NO3. The molecule has 0 saturated heterocycles. The number of hydrogen-bond donors (Lipinski definition) is 0.